The first kappa shape index (κ1) is 6.99. The minimum atomic E-state index is 0.615. The zero-order valence-corrected chi connectivity index (χ0v) is 6.17. The van der Waals surface area contributed by atoms with Gasteiger partial charge in [-0.3, -0.25) is 5.84 Å². The Bertz CT molecular complexity index is 94.3. The van der Waals surface area contributed by atoms with Crippen LogP contribution < -0.4 is 5.84 Å². The Kier molecular flexibility index (Phi) is 2.05. The maximum Gasteiger partial charge on any atom is 0.0282 e. The monoisotopic (exact) mass is 129 g/mol. The smallest absolute Gasteiger partial charge is 0.0282 e. The van der Waals surface area contributed by atoms with Gasteiger partial charge in [-0.2, -0.15) is 0 Å². The molecule has 0 saturated carbocycles. The van der Waals surface area contributed by atoms with Gasteiger partial charge in [0.05, 0.1) is 0 Å². The molecule has 0 bridgehead atoms. The van der Waals surface area contributed by atoms with Crippen LogP contribution in [0.4, 0.5) is 0 Å². The number of hydrazine groups is 1. The van der Waals surface area contributed by atoms with E-state index in [1.165, 1.54) is 0 Å². The van der Waals surface area contributed by atoms with Crippen LogP contribution in [0.2, 0.25) is 0 Å². The lowest BCUT2D eigenvalue weighted by Crippen LogP contribution is -2.52. The first-order chi connectivity index (χ1) is 4.20. The van der Waals surface area contributed by atoms with E-state index >= 15 is 0 Å². The maximum absolute atomic E-state index is 5.59. The molecular formula is C6H15N3. The molecule has 1 atom stereocenters. The van der Waals surface area contributed by atoms with Crippen LogP contribution in [-0.2, 0) is 0 Å². The largest absolute Gasteiger partial charge is 0.301 e. The van der Waals surface area contributed by atoms with Gasteiger partial charge in [0, 0.05) is 25.7 Å². The standard InChI is InChI=1S/C6H15N3/c1-6-5-9(7)4-3-8(6)2/h6H,3-5,7H2,1-2H3/t6-/m0/s1. The fourth-order valence-corrected chi connectivity index (χ4v) is 1.08. The average Bonchev–Trinajstić information content (AvgIpc) is 1.80. The first-order valence-electron chi connectivity index (χ1n) is 3.40. The molecule has 0 aromatic rings. The Morgan fingerprint density at radius 3 is 2.56 bits per heavy atom. The quantitative estimate of drug-likeness (QED) is 0.447. The van der Waals surface area contributed by atoms with Crippen molar-refractivity contribution in [1.82, 2.24) is 9.91 Å². The van der Waals surface area contributed by atoms with Crippen LogP contribution >= 0.6 is 0 Å². The Hall–Kier alpha value is -0.120. The summed E-state index contributed by atoms with van der Waals surface area (Å²) in [5.74, 6) is 5.59. The van der Waals surface area contributed by atoms with Crippen LogP contribution in [0.3, 0.4) is 0 Å². The molecule has 0 aromatic carbocycles. The number of nitrogens with zero attached hydrogens (tertiary/aromatic N) is 2. The van der Waals surface area contributed by atoms with Gasteiger partial charge < -0.3 is 4.90 Å². The van der Waals surface area contributed by atoms with Crippen molar-refractivity contribution in [3.63, 3.8) is 0 Å². The van der Waals surface area contributed by atoms with Crippen LogP contribution in [0.25, 0.3) is 0 Å². The molecule has 3 heteroatoms. The fourth-order valence-electron chi connectivity index (χ4n) is 1.08. The predicted molar refractivity (Wildman–Crippen MR) is 37.9 cm³/mol. The highest BCUT2D eigenvalue weighted by Gasteiger charge is 2.17. The number of rotatable bonds is 0. The van der Waals surface area contributed by atoms with Crippen molar-refractivity contribution in [1.29, 1.82) is 0 Å². The van der Waals surface area contributed by atoms with Crippen LogP contribution in [0.1, 0.15) is 6.92 Å². The lowest BCUT2D eigenvalue weighted by atomic mass is 10.2. The van der Waals surface area contributed by atoms with E-state index in [1.807, 2.05) is 5.01 Å². The van der Waals surface area contributed by atoms with Gasteiger partial charge in [-0.25, -0.2) is 5.01 Å². The molecule has 0 aliphatic carbocycles. The van der Waals surface area contributed by atoms with Crippen molar-refractivity contribution in [2.75, 3.05) is 26.7 Å². The van der Waals surface area contributed by atoms with Crippen LogP contribution in [-0.4, -0.2) is 42.6 Å². The molecule has 1 aliphatic rings. The van der Waals surface area contributed by atoms with Crippen molar-refractivity contribution in [3.05, 3.63) is 0 Å². The highest BCUT2D eigenvalue weighted by Crippen LogP contribution is 2.01. The highest BCUT2D eigenvalue weighted by molar-refractivity contribution is 4.72. The van der Waals surface area contributed by atoms with Crippen molar-refractivity contribution < 1.29 is 0 Å². The Morgan fingerprint density at radius 1 is 1.44 bits per heavy atom. The van der Waals surface area contributed by atoms with Gasteiger partial charge in [-0.1, -0.05) is 0 Å². The first-order valence-corrected chi connectivity index (χ1v) is 3.40. The van der Waals surface area contributed by atoms with E-state index in [0.717, 1.165) is 19.6 Å². The summed E-state index contributed by atoms with van der Waals surface area (Å²) in [6.45, 7) is 5.29. The van der Waals surface area contributed by atoms with Crippen molar-refractivity contribution >= 4 is 0 Å². The third-order valence-corrected chi connectivity index (χ3v) is 1.99. The molecule has 1 fully saturated rings. The summed E-state index contributed by atoms with van der Waals surface area (Å²) in [6, 6.07) is 0.615. The minimum absolute atomic E-state index is 0.615. The van der Waals surface area contributed by atoms with Gasteiger partial charge in [0.15, 0.2) is 0 Å². The summed E-state index contributed by atoms with van der Waals surface area (Å²) >= 11 is 0. The molecule has 2 N–H and O–H groups in total. The summed E-state index contributed by atoms with van der Waals surface area (Å²) in [5.41, 5.74) is 0. The normalized spacial score (nSPS) is 33.0. The Morgan fingerprint density at radius 2 is 2.11 bits per heavy atom. The Balaban J connectivity index is 2.35. The van der Waals surface area contributed by atoms with E-state index in [9.17, 15) is 0 Å². The molecule has 1 saturated heterocycles. The van der Waals surface area contributed by atoms with Crippen molar-refractivity contribution in [3.8, 4) is 0 Å². The van der Waals surface area contributed by atoms with Crippen molar-refractivity contribution in [2.24, 2.45) is 5.84 Å². The van der Waals surface area contributed by atoms with E-state index in [1.54, 1.807) is 0 Å². The number of piperazine rings is 1. The molecular weight excluding hydrogens is 114 g/mol. The summed E-state index contributed by atoms with van der Waals surface area (Å²) < 4.78 is 0. The maximum atomic E-state index is 5.59. The van der Waals surface area contributed by atoms with Gasteiger partial charge in [-0.05, 0) is 14.0 Å². The van der Waals surface area contributed by atoms with Crippen LogP contribution in [0.15, 0.2) is 0 Å². The van der Waals surface area contributed by atoms with Crippen LogP contribution in [0.5, 0.6) is 0 Å². The lowest BCUT2D eigenvalue weighted by Gasteiger charge is -2.34. The zero-order chi connectivity index (χ0) is 6.85. The molecule has 0 aromatic heterocycles. The molecule has 9 heavy (non-hydrogen) atoms. The summed E-state index contributed by atoms with van der Waals surface area (Å²) in [7, 11) is 2.14. The molecule has 3 nitrogen and oxygen atoms in total. The second kappa shape index (κ2) is 2.64. The third-order valence-electron chi connectivity index (χ3n) is 1.99. The van der Waals surface area contributed by atoms with Crippen LogP contribution in [0, 0.1) is 0 Å². The van der Waals surface area contributed by atoms with E-state index in [-0.39, 0.29) is 0 Å². The average molecular weight is 129 g/mol. The molecule has 54 valence electrons. The van der Waals surface area contributed by atoms with Gasteiger partial charge >= 0.3 is 0 Å². The lowest BCUT2D eigenvalue weighted by molar-refractivity contribution is 0.106. The molecule has 1 rings (SSSR count). The van der Waals surface area contributed by atoms with Gasteiger partial charge in [-0.15, -0.1) is 0 Å². The minimum Gasteiger partial charge on any atom is -0.301 e. The topological polar surface area (TPSA) is 32.5 Å². The van der Waals surface area contributed by atoms with Gasteiger partial charge in [0.2, 0.25) is 0 Å². The van der Waals surface area contributed by atoms with E-state index in [2.05, 4.69) is 18.9 Å². The fraction of sp³-hybridized carbons (Fsp3) is 1.00. The molecule has 0 unspecified atom stereocenters. The van der Waals surface area contributed by atoms with Gasteiger partial charge in [0.1, 0.15) is 0 Å². The second-order valence-electron chi connectivity index (χ2n) is 2.82. The number of likely N-dealkylation sites (N-methyl/N-ethyl adjacent to an activating group) is 1. The third kappa shape index (κ3) is 1.64. The van der Waals surface area contributed by atoms with Gasteiger partial charge in [0.25, 0.3) is 0 Å². The number of nitrogens with two attached hydrogens (primary N) is 1. The second-order valence-corrected chi connectivity index (χ2v) is 2.82. The van der Waals surface area contributed by atoms with Crippen molar-refractivity contribution in [2.45, 2.75) is 13.0 Å². The molecule has 0 radical (unpaired) electrons. The predicted octanol–water partition coefficient (Wildman–Crippen LogP) is -0.504. The SMILES string of the molecule is C[C@H]1CN(N)CCN1C. The van der Waals surface area contributed by atoms with E-state index in [0.29, 0.717) is 6.04 Å². The number of hydrogen-bond acceptors (Lipinski definition) is 3. The highest BCUT2D eigenvalue weighted by atomic mass is 15.4. The van der Waals surface area contributed by atoms with E-state index < -0.39 is 0 Å². The molecule has 0 spiro atoms. The Labute approximate surface area is 56.4 Å². The molecule has 1 aliphatic heterocycles. The molecule has 0 amide bonds. The summed E-state index contributed by atoms with van der Waals surface area (Å²) in [6.07, 6.45) is 0. The number of hydrogen-bond donors (Lipinski definition) is 1. The summed E-state index contributed by atoms with van der Waals surface area (Å²) in [4.78, 5) is 2.32. The molecule has 1 heterocycles. The van der Waals surface area contributed by atoms with E-state index in [4.69, 9.17) is 5.84 Å². The summed E-state index contributed by atoms with van der Waals surface area (Å²) in [5, 5.41) is 1.88. The zero-order valence-electron chi connectivity index (χ0n) is 6.17.